The third-order valence-corrected chi connectivity index (χ3v) is 5.62. The van der Waals surface area contributed by atoms with Crippen LogP contribution in [-0.2, 0) is 16.6 Å². The molecular formula is C13H14F2N2O2S2. The molecule has 1 heterocycles. The summed E-state index contributed by atoms with van der Waals surface area (Å²) in [5, 5.41) is 4.59. The van der Waals surface area contributed by atoms with E-state index < -0.39 is 27.3 Å². The smallest absolute Gasteiger partial charge is 0.271 e. The van der Waals surface area contributed by atoms with Gasteiger partial charge in [0.25, 0.3) is 10.0 Å². The summed E-state index contributed by atoms with van der Waals surface area (Å²) in [6.45, 7) is 1.93. The number of aryl methyl sites for hydroxylation is 1. The van der Waals surface area contributed by atoms with Crippen LogP contribution in [0.1, 0.15) is 11.1 Å². The molecule has 0 bridgehead atoms. The van der Waals surface area contributed by atoms with Crippen molar-refractivity contribution in [1.82, 2.24) is 5.32 Å². The first-order chi connectivity index (χ1) is 9.83. The van der Waals surface area contributed by atoms with Gasteiger partial charge in [0.2, 0.25) is 0 Å². The zero-order valence-corrected chi connectivity index (χ0v) is 13.0. The summed E-state index contributed by atoms with van der Waals surface area (Å²) in [6.07, 6.45) is 0. The topological polar surface area (TPSA) is 58.2 Å². The molecule has 1 aromatic heterocycles. The standard InChI is InChI=1S/C13H14F2N2O2S2/c1-8-3-11(15)12(5-10(8)14)17-21(18,19)13-4-9(6-16-2)7-20-13/h3-5,7,16-17H,6H2,1-2H3. The third-order valence-electron chi connectivity index (χ3n) is 2.77. The average Bonchev–Trinajstić information content (AvgIpc) is 2.86. The van der Waals surface area contributed by atoms with E-state index in [1.165, 1.54) is 13.0 Å². The number of sulfonamides is 1. The molecule has 2 aromatic rings. The van der Waals surface area contributed by atoms with Gasteiger partial charge in [0.15, 0.2) is 0 Å². The molecule has 4 nitrogen and oxygen atoms in total. The average molecular weight is 332 g/mol. The van der Waals surface area contributed by atoms with Crippen LogP contribution in [0.25, 0.3) is 0 Å². The molecular weight excluding hydrogens is 318 g/mol. The quantitative estimate of drug-likeness (QED) is 0.885. The summed E-state index contributed by atoms with van der Waals surface area (Å²) in [5.74, 6) is -1.49. The molecule has 0 fully saturated rings. The fourth-order valence-electron chi connectivity index (χ4n) is 1.71. The minimum absolute atomic E-state index is 0.0492. The van der Waals surface area contributed by atoms with Crippen molar-refractivity contribution in [2.75, 3.05) is 11.8 Å². The van der Waals surface area contributed by atoms with E-state index in [2.05, 4.69) is 10.0 Å². The maximum atomic E-state index is 13.7. The molecule has 8 heteroatoms. The Morgan fingerprint density at radius 3 is 2.57 bits per heavy atom. The number of thiophene rings is 1. The molecule has 0 unspecified atom stereocenters. The predicted molar refractivity (Wildman–Crippen MR) is 79.0 cm³/mol. The van der Waals surface area contributed by atoms with Crippen LogP contribution in [0.15, 0.2) is 27.8 Å². The number of benzene rings is 1. The first kappa shape index (κ1) is 15.9. The number of anilines is 1. The van der Waals surface area contributed by atoms with Gasteiger partial charge in [-0.15, -0.1) is 11.3 Å². The van der Waals surface area contributed by atoms with Crippen LogP contribution in [0, 0.1) is 18.6 Å². The molecule has 114 valence electrons. The second-order valence-electron chi connectivity index (χ2n) is 4.49. The minimum atomic E-state index is -3.93. The van der Waals surface area contributed by atoms with Gasteiger partial charge in [-0.25, -0.2) is 17.2 Å². The highest BCUT2D eigenvalue weighted by Gasteiger charge is 2.19. The van der Waals surface area contributed by atoms with Crippen LogP contribution in [0.3, 0.4) is 0 Å². The highest BCUT2D eigenvalue weighted by Crippen LogP contribution is 2.25. The van der Waals surface area contributed by atoms with Gasteiger partial charge in [0.1, 0.15) is 15.8 Å². The van der Waals surface area contributed by atoms with Gasteiger partial charge in [-0.2, -0.15) is 0 Å². The molecule has 0 aliphatic carbocycles. The van der Waals surface area contributed by atoms with E-state index >= 15 is 0 Å². The van der Waals surface area contributed by atoms with Gasteiger partial charge in [-0.1, -0.05) is 0 Å². The SMILES string of the molecule is CNCc1csc(S(=O)(=O)Nc2cc(F)c(C)cc2F)c1. The molecule has 1 aromatic carbocycles. The van der Waals surface area contributed by atoms with Gasteiger partial charge < -0.3 is 5.32 Å². The van der Waals surface area contributed by atoms with Gasteiger partial charge in [0, 0.05) is 12.6 Å². The first-order valence-electron chi connectivity index (χ1n) is 6.04. The maximum absolute atomic E-state index is 13.7. The highest BCUT2D eigenvalue weighted by molar-refractivity contribution is 7.94. The van der Waals surface area contributed by atoms with E-state index in [-0.39, 0.29) is 9.77 Å². The van der Waals surface area contributed by atoms with E-state index in [1.807, 2.05) is 0 Å². The Morgan fingerprint density at radius 1 is 1.19 bits per heavy atom. The van der Waals surface area contributed by atoms with Crippen LogP contribution < -0.4 is 10.0 Å². The summed E-state index contributed by atoms with van der Waals surface area (Å²) >= 11 is 1.02. The van der Waals surface area contributed by atoms with Crippen LogP contribution in [0.4, 0.5) is 14.5 Å². The Bertz CT molecular complexity index is 758. The lowest BCUT2D eigenvalue weighted by Gasteiger charge is -2.08. The van der Waals surface area contributed by atoms with E-state index in [4.69, 9.17) is 0 Å². The molecule has 0 atom stereocenters. The summed E-state index contributed by atoms with van der Waals surface area (Å²) in [5.41, 5.74) is 0.517. The number of hydrogen-bond donors (Lipinski definition) is 2. The first-order valence-corrected chi connectivity index (χ1v) is 8.40. The summed E-state index contributed by atoms with van der Waals surface area (Å²) in [4.78, 5) is 0. The van der Waals surface area contributed by atoms with Gasteiger partial charge in [0.05, 0.1) is 5.69 Å². The molecule has 0 spiro atoms. The molecule has 0 aliphatic heterocycles. The second kappa shape index (κ2) is 6.08. The molecule has 0 saturated heterocycles. The Kier molecular flexibility index (Phi) is 4.60. The van der Waals surface area contributed by atoms with Crippen LogP contribution >= 0.6 is 11.3 Å². The monoisotopic (exact) mass is 332 g/mol. The lowest BCUT2D eigenvalue weighted by atomic mass is 10.2. The molecule has 0 aliphatic rings. The zero-order valence-electron chi connectivity index (χ0n) is 11.4. The number of halogens is 2. The normalized spacial score (nSPS) is 11.6. The molecule has 21 heavy (non-hydrogen) atoms. The Balaban J connectivity index is 2.30. The van der Waals surface area contributed by atoms with Crippen molar-refractivity contribution >= 4 is 27.0 Å². The fraction of sp³-hybridized carbons (Fsp3) is 0.231. The second-order valence-corrected chi connectivity index (χ2v) is 7.31. The van der Waals surface area contributed by atoms with Crippen molar-refractivity contribution in [3.05, 3.63) is 46.3 Å². The van der Waals surface area contributed by atoms with E-state index in [9.17, 15) is 17.2 Å². The molecule has 2 rings (SSSR count). The Hall–Kier alpha value is -1.51. The van der Waals surface area contributed by atoms with Gasteiger partial charge >= 0.3 is 0 Å². The number of nitrogens with one attached hydrogen (secondary N) is 2. The van der Waals surface area contributed by atoms with Gasteiger partial charge in [-0.05, 0) is 42.6 Å². The van der Waals surface area contributed by atoms with E-state index in [0.717, 1.165) is 29.0 Å². The largest absolute Gasteiger partial charge is 0.316 e. The fourth-order valence-corrected chi connectivity index (χ4v) is 3.98. The van der Waals surface area contributed by atoms with Crippen molar-refractivity contribution in [2.24, 2.45) is 0 Å². The minimum Gasteiger partial charge on any atom is -0.316 e. The van der Waals surface area contributed by atoms with Crippen molar-refractivity contribution < 1.29 is 17.2 Å². The van der Waals surface area contributed by atoms with Crippen molar-refractivity contribution in [2.45, 2.75) is 17.7 Å². The van der Waals surface area contributed by atoms with Crippen LogP contribution in [0.2, 0.25) is 0 Å². The summed E-state index contributed by atoms with van der Waals surface area (Å²) in [6, 6.07) is 3.28. The molecule has 0 saturated carbocycles. The van der Waals surface area contributed by atoms with Crippen molar-refractivity contribution in [1.29, 1.82) is 0 Å². The summed E-state index contributed by atoms with van der Waals surface area (Å²) < 4.78 is 53.6. The maximum Gasteiger partial charge on any atom is 0.271 e. The predicted octanol–water partition coefficient (Wildman–Crippen LogP) is 2.85. The number of hydrogen-bond acceptors (Lipinski definition) is 4. The van der Waals surface area contributed by atoms with E-state index in [0.29, 0.717) is 6.54 Å². The Morgan fingerprint density at radius 2 is 1.90 bits per heavy atom. The molecule has 0 radical (unpaired) electrons. The van der Waals surface area contributed by atoms with Crippen LogP contribution in [0.5, 0.6) is 0 Å². The van der Waals surface area contributed by atoms with Gasteiger partial charge in [-0.3, -0.25) is 4.72 Å². The zero-order chi connectivity index (χ0) is 15.6. The number of rotatable bonds is 5. The lowest BCUT2D eigenvalue weighted by molar-refractivity contribution is 0.591. The Labute approximate surface area is 125 Å². The van der Waals surface area contributed by atoms with E-state index in [1.54, 1.807) is 12.4 Å². The van der Waals surface area contributed by atoms with Crippen molar-refractivity contribution in [3.8, 4) is 0 Å². The van der Waals surface area contributed by atoms with Crippen LogP contribution in [-0.4, -0.2) is 15.5 Å². The molecule has 2 N–H and O–H groups in total. The lowest BCUT2D eigenvalue weighted by Crippen LogP contribution is -2.13. The summed E-state index contributed by atoms with van der Waals surface area (Å²) in [7, 11) is -2.18. The molecule has 0 amide bonds. The third kappa shape index (κ3) is 3.58. The van der Waals surface area contributed by atoms with Crippen molar-refractivity contribution in [3.63, 3.8) is 0 Å². The highest BCUT2D eigenvalue weighted by atomic mass is 32.2.